The molecule has 12 nitrogen and oxygen atoms in total. The number of para-hydroxylation sites is 2. The first-order valence-electron chi connectivity index (χ1n) is 13.1. The zero-order chi connectivity index (χ0) is 28.7. The fraction of sp³-hybridized carbons (Fsp3) is 0.500. The van der Waals surface area contributed by atoms with Crippen LogP contribution in [0, 0.1) is 0 Å². The van der Waals surface area contributed by atoms with Gasteiger partial charge in [-0.05, 0) is 24.3 Å². The molecule has 3 rings (SSSR count). The molecule has 2 aromatic carbocycles. The van der Waals surface area contributed by atoms with E-state index in [2.05, 4.69) is 4.90 Å². The second-order valence-corrected chi connectivity index (χ2v) is 8.78. The maximum Gasteiger partial charge on any atom is 0.336 e. The van der Waals surface area contributed by atoms with Gasteiger partial charge in [0.1, 0.15) is 11.5 Å². The van der Waals surface area contributed by atoms with Crippen LogP contribution < -0.4 is 19.3 Å². The van der Waals surface area contributed by atoms with Crippen LogP contribution in [0.2, 0.25) is 0 Å². The molecule has 0 aliphatic carbocycles. The Morgan fingerprint density at radius 3 is 1.50 bits per heavy atom. The number of carboxylic acids is 2. The van der Waals surface area contributed by atoms with Crippen LogP contribution in [0.1, 0.15) is 20.7 Å². The molecule has 0 unspecified atom stereocenters. The lowest BCUT2D eigenvalue weighted by Crippen LogP contribution is -2.33. The molecule has 1 aliphatic rings. The third-order valence-corrected chi connectivity index (χ3v) is 6.31. The number of hydrogen-bond acceptors (Lipinski definition) is 10. The first-order chi connectivity index (χ1) is 19.5. The molecule has 2 aromatic rings. The van der Waals surface area contributed by atoms with E-state index in [9.17, 15) is 19.8 Å². The molecule has 1 heterocycles. The molecule has 12 heteroatoms. The highest BCUT2D eigenvalue weighted by Gasteiger charge is 2.23. The maximum atomic E-state index is 11.8. The van der Waals surface area contributed by atoms with Crippen LogP contribution in [0.5, 0.6) is 11.5 Å². The van der Waals surface area contributed by atoms with Gasteiger partial charge in [0.2, 0.25) is 0 Å². The summed E-state index contributed by atoms with van der Waals surface area (Å²) in [7, 11) is 3.06. The Bertz CT molecular complexity index is 1080. The molecule has 1 aliphatic heterocycles. The third kappa shape index (κ3) is 8.98. The minimum absolute atomic E-state index is 0.246. The van der Waals surface area contributed by atoms with Crippen LogP contribution in [-0.2, 0) is 18.9 Å². The lowest BCUT2D eigenvalue weighted by atomic mass is 10.0. The molecule has 0 bridgehead atoms. The average Bonchev–Trinajstić information content (AvgIpc) is 2.96. The van der Waals surface area contributed by atoms with E-state index in [1.807, 2.05) is 29.2 Å². The summed E-state index contributed by atoms with van der Waals surface area (Å²) in [6.45, 7) is 5.25. The number of carbonyl (C=O) groups is 2. The van der Waals surface area contributed by atoms with E-state index in [0.29, 0.717) is 84.7 Å². The van der Waals surface area contributed by atoms with Crippen molar-refractivity contribution in [1.29, 1.82) is 0 Å². The molecular weight excluding hydrogens is 524 g/mol. The summed E-state index contributed by atoms with van der Waals surface area (Å²) in [5.41, 5.74) is 0.738. The van der Waals surface area contributed by atoms with Crippen molar-refractivity contribution in [1.82, 2.24) is 0 Å². The van der Waals surface area contributed by atoms with Crippen molar-refractivity contribution in [3.63, 3.8) is 0 Å². The number of benzene rings is 2. The minimum Gasteiger partial charge on any atom is -0.495 e. The highest BCUT2D eigenvalue weighted by molar-refractivity contribution is 6.03. The lowest BCUT2D eigenvalue weighted by molar-refractivity contribution is 0.0435. The standard InChI is InChI=1S/C28H38N2O10/c1-35-25-6-4-3-5-23(25)29-7-11-37-15-17-39-13-9-30(10-14-40-18-16-38-12-8-29)24-19-21(27(31)32)22(28(33)34)20-26(24)36-2/h3-6,19-20H,7-18H2,1-2H3,(H,31,32)(H,33,34). The molecule has 0 aromatic heterocycles. The Kier molecular flexibility index (Phi) is 12.8. The zero-order valence-electron chi connectivity index (χ0n) is 23.0. The molecule has 1 saturated heterocycles. The number of aromatic carboxylic acids is 2. The number of anilines is 2. The van der Waals surface area contributed by atoms with Crippen molar-refractivity contribution in [2.45, 2.75) is 0 Å². The van der Waals surface area contributed by atoms with Crippen LogP contribution >= 0.6 is 0 Å². The number of carboxylic acid groups (broad SMARTS) is 2. The molecule has 0 atom stereocenters. The largest absolute Gasteiger partial charge is 0.495 e. The van der Waals surface area contributed by atoms with Crippen LogP contribution in [0.15, 0.2) is 36.4 Å². The summed E-state index contributed by atoms with van der Waals surface area (Å²) in [5.74, 6) is -1.66. The molecule has 40 heavy (non-hydrogen) atoms. The highest BCUT2D eigenvalue weighted by Crippen LogP contribution is 2.32. The van der Waals surface area contributed by atoms with Gasteiger partial charge >= 0.3 is 11.9 Å². The Morgan fingerprint density at radius 1 is 0.625 bits per heavy atom. The summed E-state index contributed by atoms with van der Waals surface area (Å²) in [6.07, 6.45) is 0. The van der Waals surface area contributed by atoms with Gasteiger partial charge in [-0.15, -0.1) is 0 Å². The second kappa shape index (κ2) is 16.5. The normalized spacial score (nSPS) is 16.9. The topological polar surface area (TPSA) is 136 Å². The predicted molar refractivity (Wildman–Crippen MR) is 148 cm³/mol. The SMILES string of the molecule is COc1ccccc1N1CCOCCOCCN(c2cc(C(=O)O)c(C(=O)O)cc2OC)CCOCCOCC1. The molecule has 0 spiro atoms. The van der Waals surface area contributed by atoms with Gasteiger partial charge in [0, 0.05) is 26.2 Å². The molecule has 2 N–H and O–H groups in total. The first-order valence-corrected chi connectivity index (χ1v) is 13.1. The van der Waals surface area contributed by atoms with Crippen molar-refractivity contribution < 1.29 is 48.2 Å². The molecule has 0 amide bonds. The van der Waals surface area contributed by atoms with E-state index < -0.39 is 11.9 Å². The van der Waals surface area contributed by atoms with Gasteiger partial charge in [-0.3, -0.25) is 0 Å². The van der Waals surface area contributed by atoms with Crippen LogP contribution in [-0.4, -0.2) is 115 Å². The fourth-order valence-electron chi connectivity index (χ4n) is 4.27. The number of nitrogens with zero attached hydrogens (tertiary/aromatic N) is 2. The van der Waals surface area contributed by atoms with E-state index in [1.54, 1.807) is 7.11 Å². The zero-order valence-corrected chi connectivity index (χ0v) is 23.0. The molecule has 220 valence electrons. The van der Waals surface area contributed by atoms with E-state index in [1.165, 1.54) is 19.2 Å². The maximum absolute atomic E-state index is 11.8. The van der Waals surface area contributed by atoms with Crippen molar-refractivity contribution in [3.05, 3.63) is 47.5 Å². The van der Waals surface area contributed by atoms with Gasteiger partial charge < -0.3 is 48.4 Å². The quantitative estimate of drug-likeness (QED) is 0.535. The summed E-state index contributed by atoms with van der Waals surface area (Å²) < 4.78 is 34.1. The van der Waals surface area contributed by atoms with Crippen molar-refractivity contribution in [2.75, 3.05) is 103 Å². The Labute approximate surface area is 233 Å². The molecular formula is C28H38N2O10. The van der Waals surface area contributed by atoms with Crippen LogP contribution in [0.4, 0.5) is 11.4 Å². The number of rotatable bonds is 6. The Hall–Kier alpha value is -3.58. The van der Waals surface area contributed by atoms with Gasteiger partial charge in [0.05, 0.1) is 89.6 Å². The Balaban J connectivity index is 1.66. The van der Waals surface area contributed by atoms with Crippen molar-refractivity contribution in [3.8, 4) is 11.5 Å². The molecule has 0 radical (unpaired) electrons. The molecule has 1 fully saturated rings. The highest BCUT2D eigenvalue weighted by atomic mass is 16.5. The lowest BCUT2D eigenvalue weighted by Gasteiger charge is -2.28. The van der Waals surface area contributed by atoms with Crippen molar-refractivity contribution >= 4 is 23.3 Å². The summed E-state index contributed by atoms with van der Waals surface area (Å²) in [5, 5.41) is 19.1. The van der Waals surface area contributed by atoms with Crippen LogP contribution in [0.25, 0.3) is 0 Å². The predicted octanol–water partition coefficient (Wildman–Crippen LogP) is 2.49. The van der Waals surface area contributed by atoms with Gasteiger partial charge in [-0.2, -0.15) is 0 Å². The smallest absolute Gasteiger partial charge is 0.336 e. The monoisotopic (exact) mass is 562 g/mol. The van der Waals surface area contributed by atoms with Crippen LogP contribution in [0.3, 0.4) is 0 Å². The van der Waals surface area contributed by atoms with E-state index >= 15 is 0 Å². The minimum atomic E-state index is -1.35. The number of hydrogen-bond donors (Lipinski definition) is 2. The van der Waals surface area contributed by atoms with Gasteiger partial charge in [0.15, 0.2) is 0 Å². The summed E-state index contributed by atoms with van der Waals surface area (Å²) in [6, 6.07) is 10.4. The number of ether oxygens (including phenoxy) is 6. The van der Waals surface area contributed by atoms with E-state index in [0.717, 1.165) is 11.4 Å². The van der Waals surface area contributed by atoms with E-state index in [-0.39, 0.29) is 16.9 Å². The van der Waals surface area contributed by atoms with Crippen molar-refractivity contribution in [2.24, 2.45) is 0 Å². The summed E-state index contributed by atoms with van der Waals surface area (Å²) >= 11 is 0. The van der Waals surface area contributed by atoms with Gasteiger partial charge in [-0.25, -0.2) is 9.59 Å². The van der Waals surface area contributed by atoms with E-state index in [4.69, 9.17) is 28.4 Å². The fourth-order valence-corrected chi connectivity index (χ4v) is 4.27. The first kappa shape index (κ1) is 31.0. The average molecular weight is 563 g/mol. The third-order valence-electron chi connectivity index (χ3n) is 6.31. The Morgan fingerprint density at radius 2 is 1.05 bits per heavy atom. The van der Waals surface area contributed by atoms with Gasteiger partial charge in [0.25, 0.3) is 0 Å². The van der Waals surface area contributed by atoms with Gasteiger partial charge in [-0.1, -0.05) is 12.1 Å². The summed E-state index contributed by atoms with van der Waals surface area (Å²) in [4.78, 5) is 27.4. The second-order valence-electron chi connectivity index (χ2n) is 8.78. The molecule has 0 saturated carbocycles. The number of methoxy groups -OCH3 is 2.